The fraction of sp³-hybridized carbons (Fsp3) is 0.286. The zero-order chi connectivity index (χ0) is 12.5. The molecule has 0 saturated heterocycles. The van der Waals surface area contributed by atoms with E-state index in [-0.39, 0.29) is 0 Å². The number of nitrogens with two attached hydrogens (primary N) is 1. The van der Waals surface area contributed by atoms with Gasteiger partial charge in [0.1, 0.15) is 0 Å². The van der Waals surface area contributed by atoms with Gasteiger partial charge in [-0.15, -0.1) is 11.3 Å². The maximum Gasteiger partial charge on any atom is 0.0606 e. The highest BCUT2D eigenvalue weighted by Crippen LogP contribution is 2.37. The van der Waals surface area contributed by atoms with Crippen LogP contribution >= 0.6 is 22.9 Å². The zero-order valence-electron chi connectivity index (χ0n) is 9.97. The van der Waals surface area contributed by atoms with Crippen LogP contribution in [0.1, 0.15) is 17.7 Å². The lowest BCUT2D eigenvalue weighted by atomic mass is 10.2. The summed E-state index contributed by atoms with van der Waals surface area (Å²) in [6.45, 7) is 0.939. The summed E-state index contributed by atoms with van der Waals surface area (Å²) in [5.41, 5.74) is 7.97. The first-order valence-electron chi connectivity index (χ1n) is 6.08. The van der Waals surface area contributed by atoms with Gasteiger partial charge in [-0.05, 0) is 42.5 Å². The van der Waals surface area contributed by atoms with Crippen LogP contribution in [0.2, 0.25) is 5.02 Å². The van der Waals surface area contributed by atoms with Crippen molar-refractivity contribution in [1.82, 2.24) is 0 Å². The average Bonchev–Trinajstić information content (AvgIpc) is 3.05. The van der Waals surface area contributed by atoms with E-state index in [0.717, 1.165) is 17.9 Å². The summed E-state index contributed by atoms with van der Waals surface area (Å²) < 4.78 is 0. The number of hydrogen-bond acceptors (Lipinski definition) is 3. The molecule has 1 heterocycles. The topological polar surface area (TPSA) is 29.3 Å². The Kier molecular flexibility index (Phi) is 3.18. The maximum atomic E-state index is 6.09. The van der Waals surface area contributed by atoms with Gasteiger partial charge in [0.25, 0.3) is 0 Å². The highest BCUT2D eigenvalue weighted by atomic mass is 35.5. The van der Waals surface area contributed by atoms with Gasteiger partial charge in [0.2, 0.25) is 0 Å². The predicted molar refractivity (Wildman–Crippen MR) is 79.4 cm³/mol. The summed E-state index contributed by atoms with van der Waals surface area (Å²) in [6, 6.07) is 10.7. The fourth-order valence-electron chi connectivity index (χ4n) is 2.15. The Hall–Kier alpha value is -1.19. The molecule has 0 radical (unpaired) electrons. The lowest BCUT2D eigenvalue weighted by molar-refractivity contribution is 0.805. The molecule has 2 nitrogen and oxygen atoms in total. The second kappa shape index (κ2) is 4.82. The molecule has 2 N–H and O–H groups in total. The molecular formula is C14H15ClN2S. The van der Waals surface area contributed by atoms with Crippen molar-refractivity contribution >= 4 is 34.3 Å². The summed E-state index contributed by atoms with van der Waals surface area (Å²) in [5, 5.41) is 2.81. The first-order valence-corrected chi connectivity index (χ1v) is 7.34. The van der Waals surface area contributed by atoms with E-state index < -0.39 is 0 Å². The first kappa shape index (κ1) is 11.9. The summed E-state index contributed by atoms with van der Waals surface area (Å²) in [7, 11) is 0. The van der Waals surface area contributed by atoms with Crippen LogP contribution in [-0.2, 0) is 6.54 Å². The van der Waals surface area contributed by atoms with Crippen LogP contribution in [0.5, 0.6) is 0 Å². The Bertz CT molecular complexity index is 535. The largest absolute Gasteiger partial charge is 0.397 e. The molecule has 1 fully saturated rings. The van der Waals surface area contributed by atoms with E-state index in [2.05, 4.69) is 22.4 Å². The van der Waals surface area contributed by atoms with Gasteiger partial charge in [0.15, 0.2) is 0 Å². The van der Waals surface area contributed by atoms with Crippen molar-refractivity contribution < 1.29 is 0 Å². The molecule has 1 aliphatic carbocycles. The number of thiophene rings is 1. The molecule has 0 unspecified atom stereocenters. The van der Waals surface area contributed by atoms with Crippen LogP contribution < -0.4 is 10.6 Å². The number of hydrogen-bond donors (Lipinski definition) is 1. The molecule has 1 aromatic heterocycles. The minimum Gasteiger partial charge on any atom is -0.397 e. The van der Waals surface area contributed by atoms with Crippen molar-refractivity contribution in [2.75, 3.05) is 10.6 Å². The summed E-state index contributed by atoms with van der Waals surface area (Å²) in [6.07, 6.45) is 2.51. The Morgan fingerprint density at radius 2 is 2.17 bits per heavy atom. The minimum absolute atomic E-state index is 0.635. The second-order valence-electron chi connectivity index (χ2n) is 4.64. The molecule has 1 aromatic carbocycles. The molecule has 94 valence electrons. The van der Waals surface area contributed by atoms with Crippen LogP contribution in [0.4, 0.5) is 11.4 Å². The summed E-state index contributed by atoms with van der Waals surface area (Å²) in [5.74, 6) is 0. The van der Waals surface area contributed by atoms with E-state index in [1.807, 2.05) is 18.2 Å². The Morgan fingerprint density at radius 3 is 2.78 bits per heavy atom. The van der Waals surface area contributed by atoms with Crippen LogP contribution in [0.3, 0.4) is 0 Å². The molecular weight excluding hydrogens is 264 g/mol. The third kappa shape index (κ3) is 2.47. The Balaban J connectivity index is 1.89. The number of halogens is 1. The van der Waals surface area contributed by atoms with Gasteiger partial charge >= 0.3 is 0 Å². The van der Waals surface area contributed by atoms with Crippen LogP contribution in [0.15, 0.2) is 35.7 Å². The quantitative estimate of drug-likeness (QED) is 0.851. The minimum atomic E-state index is 0.635. The summed E-state index contributed by atoms with van der Waals surface area (Å²) in [4.78, 5) is 3.77. The van der Waals surface area contributed by atoms with E-state index in [0.29, 0.717) is 11.1 Å². The molecule has 2 aromatic rings. The van der Waals surface area contributed by atoms with E-state index in [1.54, 1.807) is 11.3 Å². The van der Waals surface area contributed by atoms with Crippen LogP contribution in [0, 0.1) is 0 Å². The van der Waals surface area contributed by atoms with Gasteiger partial charge < -0.3 is 10.6 Å². The smallest absolute Gasteiger partial charge is 0.0606 e. The van der Waals surface area contributed by atoms with E-state index >= 15 is 0 Å². The third-order valence-electron chi connectivity index (χ3n) is 3.19. The van der Waals surface area contributed by atoms with E-state index in [4.69, 9.17) is 17.3 Å². The molecule has 3 rings (SSSR count). The number of benzene rings is 1. The summed E-state index contributed by atoms with van der Waals surface area (Å²) >= 11 is 7.75. The van der Waals surface area contributed by atoms with Gasteiger partial charge in [0.05, 0.1) is 17.9 Å². The first-order chi connectivity index (χ1) is 8.74. The standard InChI is InChI=1S/C14H15ClN2S/c15-10-3-6-14(13(16)8-10)17(11-4-5-11)9-12-2-1-7-18-12/h1-3,6-8,11H,4-5,9,16H2. The van der Waals surface area contributed by atoms with E-state index in [1.165, 1.54) is 17.7 Å². The molecule has 0 atom stereocenters. The molecule has 0 amide bonds. The fourth-order valence-corrected chi connectivity index (χ4v) is 3.04. The van der Waals surface area contributed by atoms with Crippen LogP contribution in [0.25, 0.3) is 0 Å². The number of rotatable bonds is 4. The van der Waals surface area contributed by atoms with E-state index in [9.17, 15) is 0 Å². The van der Waals surface area contributed by atoms with Gasteiger partial charge in [0, 0.05) is 15.9 Å². The second-order valence-corrected chi connectivity index (χ2v) is 6.11. The van der Waals surface area contributed by atoms with Crippen molar-refractivity contribution in [1.29, 1.82) is 0 Å². The molecule has 4 heteroatoms. The highest BCUT2D eigenvalue weighted by Gasteiger charge is 2.30. The monoisotopic (exact) mass is 278 g/mol. The van der Waals surface area contributed by atoms with Crippen LogP contribution in [-0.4, -0.2) is 6.04 Å². The van der Waals surface area contributed by atoms with Gasteiger partial charge in [-0.25, -0.2) is 0 Å². The molecule has 0 bridgehead atoms. The Labute approximate surface area is 116 Å². The Morgan fingerprint density at radius 1 is 1.33 bits per heavy atom. The van der Waals surface area contributed by atoms with Crippen molar-refractivity contribution in [2.24, 2.45) is 0 Å². The van der Waals surface area contributed by atoms with Gasteiger partial charge in [-0.3, -0.25) is 0 Å². The molecule has 0 spiro atoms. The SMILES string of the molecule is Nc1cc(Cl)ccc1N(Cc1cccs1)C1CC1. The number of nitrogen functional groups attached to an aromatic ring is 1. The zero-order valence-corrected chi connectivity index (χ0v) is 11.5. The molecule has 1 saturated carbocycles. The molecule has 18 heavy (non-hydrogen) atoms. The van der Waals surface area contributed by atoms with Crippen molar-refractivity contribution in [3.05, 3.63) is 45.6 Å². The lowest BCUT2D eigenvalue weighted by Gasteiger charge is -2.25. The van der Waals surface area contributed by atoms with Crippen molar-refractivity contribution in [3.8, 4) is 0 Å². The predicted octanol–water partition coefficient (Wildman–Crippen LogP) is 4.15. The highest BCUT2D eigenvalue weighted by molar-refractivity contribution is 7.09. The number of anilines is 2. The molecule has 1 aliphatic rings. The third-order valence-corrected chi connectivity index (χ3v) is 4.29. The number of nitrogens with zero attached hydrogens (tertiary/aromatic N) is 1. The van der Waals surface area contributed by atoms with Crippen molar-refractivity contribution in [2.45, 2.75) is 25.4 Å². The van der Waals surface area contributed by atoms with Crippen molar-refractivity contribution in [3.63, 3.8) is 0 Å². The molecule has 0 aliphatic heterocycles. The van der Waals surface area contributed by atoms with Gasteiger partial charge in [-0.1, -0.05) is 17.7 Å². The van der Waals surface area contributed by atoms with Gasteiger partial charge in [-0.2, -0.15) is 0 Å². The average molecular weight is 279 g/mol. The lowest BCUT2D eigenvalue weighted by Crippen LogP contribution is -2.25. The maximum absolute atomic E-state index is 6.09. The normalized spacial score (nSPS) is 14.7.